The van der Waals surface area contributed by atoms with Gasteiger partial charge >= 0.3 is 0 Å². The van der Waals surface area contributed by atoms with E-state index in [1.54, 1.807) is 6.20 Å². The summed E-state index contributed by atoms with van der Waals surface area (Å²) >= 11 is 1.33. The number of benzene rings is 2. The first-order valence-corrected chi connectivity index (χ1v) is 10.8. The number of anilines is 2. The Balaban J connectivity index is 1.36. The number of morpholine rings is 1. The van der Waals surface area contributed by atoms with Gasteiger partial charge in [0.2, 0.25) is 5.91 Å². The first kappa shape index (κ1) is 20.3. The Morgan fingerprint density at radius 1 is 1.13 bits per heavy atom. The van der Waals surface area contributed by atoms with Gasteiger partial charge in [0.05, 0.1) is 30.4 Å². The summed E-state index contributed by atoms with van der Waals surface area (Å²) in [5, 5.41) is 3.22. The predicted molar refractivity (Wildman–Crippen MR) is 121 cm³/mol. The van der Waals surface area contributed by atoms with Gasteiger partial charge < -0.3 is 20.8 Å². The number of rotatable bonds is 6. The highest BCUT2D eigenvalue weighted by molar-refractivity contribution is 8.00. The van der Waals surface area contributed by atoms with Crippen molar-refractivity contribution in [3.63, 3.8) is 0 Å². The molecule has 1 atom stereocenters. The zero-order valence-electron chi connectivity index (χ0n) is 16.8. The van der Waals surface area contributed by atoms with E-state index in [1.807, 2.05) is 61.5 Å². The lowest BCUT2D eigenvalue weighted by molar-refractivity contribution is -0.115. The Morgan fingerprint density at radius 3 is 2.53 bits per heavy atom. The second-order valence-electron chi connectivity index (χ2n) is 7.08. The maximum Gasteiger partial charge on any atom is 0.237 e. The summed E-state index contributed by atoms with van der Waals surface area (Å²) in [5.74, 6) is 5.96. The summed E-state index contributed by atoms with van der Waals surface area (Å²) in [6.07, 6.45) is 1.77. The van der Waals surface area contributed by atoms with Crippen molar-refractivity contribution in [3.8, 4) is 11.3 Å². The molecule has 2 heterocycles. The average molecular weight is 424 g/mol. The molecule has 4 rings (SSSR count). The number of thioether (sulfide) groups is 1. The van der Waals surface area contributed by atoms with Crippen molar-refractivity contribution < 1.29 is 9.53 Å². The predicted octanol–water partition coefficient (Wildman–Crippen LogP) is 3.22. The molecule has 156 valence electrons. The maximum atomic E-state index is 12.7. The standard InChI is InChI=1S/C22H25N5O2S/c1-16(30-22-25-20(15-27(22)23)17-5-3-2-4-6-17)21(28)24-18-7-9-19(10-8-18)26-11-13-29-14-12-26/h2-10,15-16H,11-14,23H2,1H3,(H,24,28)/t16-/m1/s1. The van der Waals surface area contributed by atoms with Crippen molar-refractivity contribution in [1.29, 1.82) is 0 Å². The van der Waals surface area contributed by atoms with Gasteiger partial charge in [0.15, 0.2) is 5.16 Å². The molecule has 7 nitrogen and oxygen atoms in total. The molecule has 8 heteroatoms. The molecule has 2 aromatic carbocycles. The third kappa shape index (κ3) is 4.77. The molecule has 0 saturated carbocycles. The van der Waals surface area contributed by atoms with Gasteiger partial charge in [-0.15, -0.1) is 0 Å². The van der Waals surface area contributed by atoms with E-state index in [2.05, 4.69) is 15.2 Å². The Hall–Kier alpha value is -2.97. The number of imidazole rings is 1. The molecule has 1 aliphatic heterocycles. The van der Waals surface area contributed by atoms with E-state index in [9.17, 15) is 4.79 Å². The number of nitrogens with zero attached hydrogens (tertiary/aromatic N) is 3. The Kier molecular flexibility index (Phi) is 6.25. The molecule has 1 aliphatic rings. The van der Waals surface area contributed by atoms with E-state index in [1.165, 1.54) is 16.4 Å². The molecular weight excluding hydrogens is 398 g/mol. The normalized spacial score (nSPS) is 15.0. The highest BCUT2D eigenvalue weighted by Gasteiger charge is 2.19. The van der Waals surface area contributed by atoms with Crippen LogP contribution in [0.25, 0.3) is 11.3 Å². The molecule has 1 saturated heterocycles. The largest absolute Gasteiger partial charge is 0.378 e. The van der Waals surface area contributed by atoms with E-state index in [0.717, 1.165) is 48.9 Å². The molecule has 0 bridgehead atoms. The Morgan fingerprint density at radius 2 is 1.83 bits per heavy atom. The van der Waals surface area contributed by atoms with E-state index in [4.69, 9.17) is 10.6 Å². The van der Waals surface area contributed by atoms with Crippen LogP contribution in [-0.2, 0) is 9.53 Å². The molecule has 1 fully saturated rings. The number of aromatic nitrogens is 2. The molecule has 1 amide bonds. The number of ether oxygens (including phenoxy) is 1. The first-order chi connectivity index (χ1) is 14.6. The van der Waals surface area contributed by atoms with Gasteiger partial charge in [-0.2, -0.15) is 0 Å². The average Bonchev–Trinajstić information content (AvgIpc) is 3.15. The van der Waals surface area contributed by atoms with E-state index >= 15 is 0 Å². The van der Waals surface area contributed by atoms with Gasteiger partial charge in [0, 0.05) is 30.0 Å². The van der Waals surface area contributed by atoms with Gasteiger partial charge in [-0.25, -0.2) is 9.66 Å². The third-order valence-corrected chi connectivity index (χ3v) is 6.01. The fourth-order valence-corrected chi connectivity index (χ4v) is 4.05. The fraction of sp³-hybridized carbons (Fsp3) is 0.273. The van der Waals surface area contributed by atoms with Crippen LogP contribution in [0.2, 0.25) is 0 Å². The minimum Gasteiger partial charge on any atom is -0.378 e. The molecule has 3 aromatic rings. The quantitative estimate of drug-likeness (QED) is 0.468. The number of nitrogens with one attached hydrogen (secondary N) is 1. The first-order valence-electron chi connectivity index (χ1n) is 9.90. The zero-order chi connectivity index (χ0) is 20.9. The maximum absolute atomic E-state index is 12.7. The summed E-state index contributed by atoms with van der Waals surface area (Å²) in [5.41, 5.74) is 3.68. The van der Waals surface area contributed by atoms with Crippen LogP contribution in [0.3, 0.4) is 0 Å². The molecule has 0 unspecified atom stereocenters. The number of nitrogens with two attached hydrogens (primary N) is 1. The highest BCUT2D eigenvalue weighted by Crippen LogP contribution is 2.27. The molecule has 30 heavy (non-hydrogen) atoms. The monoisotopic (exact) mass is 423 g/mol. The van der Waals surface area contributed by atoms with Crippen LogP contribution < -0.4 is 16.1 Å². The second-order valence-corrected chi connectivity index (χ2v) is 8.39. The smallest absolute Gasteiger partial charge is 0.237 e. The van der Waals surface area contributed by atoms with E-state index < -0.39 is 0 Å². The zero-order valence-corrected chi connectivity index (χ0v) is 17.6. The number of hydrogen-bond acceptors (Lipinski definition) is 6. The number of carbonyl (C=O) groups excluding carboxylic acids is 1. The SMILES string of the molecule is C[C@@H](Sc1nc(-c2ccccc2)cn1N)C(=O)Nc1ccc(N2CCOCC2)cc1. The van der Waals surface area contributed by atoms with Crippen molar-refractivity contribution in [2.24, 2.45) is 0 Å². The van der Waals surface area contributed by atoms with Gasteiger partial charge in [0.1, 0.15) is 0 Å². The number of carbonyl (C=O) groups is 1. The van der Waals surface area contributed by atoms with Crippen LogP contribution in [-0.4, -0.2) is 47.1 Å². The molecule has 0 spiro atoms. The number of amides is 1. The van der Waals surface area contributed by atoms with Crippen molar-refractivity contribution >= 4 is 29.0 Å². The van der Waals surface area contributed by atoms with E-state index in [-0.39, 0.29) is 11.2 Å². The van der Waals surface area contributed by atoms with Crippen LogP contribution in [0.5, 0.6) is 0 Å². The van der Waals surface area contributed by atoms with Crippen LogP contribution in [0.1, 0.15) is 6.92 Å². The minimum atomic E-state index is -0.350. The van der Waals surface area contributed by atoms with Crippen LogP contribution >= 0.6 is 11.8 Å². The van der Waals surface area contributed by atoms with Gasteiger partial charge in [-0.1, -0.05) is 42.1 Å². The van der Waals surface area contributed by atoms with Gasteiger partial charge in [0.25, 0.3) is 0 Å². The minimum absolute atomic E-state index is 0.0941. The van der Waals surface area contributed by atoms with Crippen LogP contribution in [0, 0.1) is 0 Å². The Bertz CT molecular complexity index is 985. The summed E-state index contributed by atoms with van der Waals surface area (Å²) < 4.78 is 6.86. The number of hydrogen-bond donors (Lipinski definition) is 2. The van der Waals surface area contributed by atoms with Crippen molar-refractivity contribution in [2.45, 2.75) is 17.3 Å². The topological polar surface area (TPSA) is 85.4 Å². The molecule has 0 radical (unpaired) electrons. The lowest BCUT2D eigenvalue weighted by Gasteiger charge is -2.28. The summed E-state index contributed by atoms with van der Waals surface area (Å²) in [7, 11) is 0. The molecule has 0 aliphatic carbocycles. The highest BCUT2D eigenvalue weighted by atomic mass is 32.2. The van der Waals surface area contributed by atoms with Crippen molar-refractivity contribution in [1.82, 2.24) is 9.66 Å². The summed E-state index contributed by atoms with van der Waals surface area (Å²) in [6, 6.07) is 17.7. The molecule has 3 N–H and O–H groups in total. The lowest BCUT2D eigenvalue weighted by atomic mass is 10.2. The summed E-state index contributed by atoms with van der Waals surface area (Å²) in [6.45, 7) is 5.11. The third-order valence-electron chi connectivity index (χ3n) is 4.93. The van der Waals surface area contributed by atoms with E-state index in [0.29, 0.717) is 5.16 Å². The van der Waals surface area contributed by atoms with Gasteiger partial charge in [-0.05, 0) is 31.2 Å². The summed E-state index contributed by atoms with van der Waals surface area (Å²) in [4.78, 5) is 19.5. The lowest BCUT2D eigenvalue weighted by Crippen LogP contribution is -2.36. The second kappa shape index (κ2) is 9.23. The number of nitrogen functional groups attached to an aromatic ring is 1. The van der Waals surface area contributed by atoms with Gasteiger partial charge in [-0.3, -0.25) is 4.79 Å². The fourth-order valence-electron chi connectivity index (χ4n) is 3.24. The van der Waals surface area contributed by atoms with Crippen molar-refractivity contribution in [3.05, 3.63) is 60.8 Å². The van der Waals surface area contributed by atoms with Crippen molar-refractivity contribution in [2.75, 3.05) is 42.4 Å². The van der Waals surface area contributed by atoms with Crippen LogP contribution in [0.15, 0.2) is 66.0 Å². The Labute approximate surface area is 180 Å². The molecular formula is C22H25N5O2S. The van der Waals surface area contributed by atoms with Crippen LogP contribution in [0.4, 0.5) is 11.4 Å². The molecule has 1 aromatic heterocycles.